The molecule has 0 spiro atoms. The Hall–Kier alpha value is -1.10. The molecule has 108 valence electrons. The monoisotopic (exact) mass is 267 g/mol. The normalized spacial score (nSPS) is 26.9. The van der Waals surface area contributed by atoms with Crippen molar-refractivity contribution < 1.29 is 9.59 Å². The van der Waals surface area contributed by atoms with E-state index in [-0.39, 0.29) is 24.4 Å². The van der Waals surface area contributed by atoms with Crippen molar-refractivity contribution in [3.8, 4) is 0 Å². The molecule has 2 N–H and O–H groups in total. The standard InChI is InChI=1S/C14H25N3O2/c1-3-14(4-2)5-7-17(8-6-14)13(19)11-9-16-12(18)10-15-11/h11,15H,3-10H2,1-2H3,(H,16,18). The number of amides is 2. The summed E-state index contributed by atoms with van der Waals surface area (Å²) >= 11 is 0. The van der Waals surface area contributed by atoms with Crippen molar-refractivity contribution in [1.29, 1.82) is 0 Å². The number of nitrogens with zero attached hydrogens (tertiary/aromatic N) is 1. The molecule has 0 bridgehead atoms. The van der Waals surface area contributed by atoms with Crippen LogP contribution in [0.1, 0.15) is 39.5 Å². The zero-order valence-corrected chi connectivity index (χ0v) is 12.0. The lowest BCUT2D eigenvalue weighted by Crippen LogP contribution is -2.59. The first-order valence-corrected chi connectivity index (χ1v) is 7.39. The molecule has 1 atom stereocenters. The molecule has 2 aliphatic heterocycles. The van der Waals surface area contributed by atoms with Crippen LogP contribution in [-0.2, 0) is 9.59 Å². The van der Waals surface area contributed by atoms with Crippen molar-refractivity contribution in [2.45, 2.75) is 45.6 Å². The summed E-state index contributed by atoms with van der Waals surface area (Å²) in [4.78, 5) is 25.4. The summed E-state index contributed by atoms with van der Waals surface area (Å²) < 4.78 is 0. The van der Waals surface area contributed by atoms with Gasteiger partial charge in [0.15, 0.2) is 0 Å². The first kappa shape index (κ1) is 14.3. The number of rotatable bonds is 3. The molecule has 19 heavy (non-hydrogen) atoms. The summed E-state index contributed by atoms with van der Waals surface area (Å²) in [6.45, 7) is 6.87. The van der Waals surface area contributed by atoms with Gasteiger partial charge in [0.05, 0.1) is 6.54 Å². The molecule has 2 heterocycles. The topological polar surface area (TPSA) is 61.4 Å². The van der Waals surface area contributed by atoms with Crippen LogP contribution in [0.3, 0.4) is 0 Å². The first-order chi connectivity index (χ1) is 9.10. The van der Waals surface area contributed by atoms with E-state index in [1.807, 2.05) is 4.90 Å². The molecule has 0 aromatic carbocycles. The van der Waals surface area contributed by atoms with Gasteiger partial charge in [-0.2, -0.15) is 0 Å². The van der Waals surface area contributed by atoms with Crippen LogP contribution < -0.4 is 10.6 Å². The molecule has 0 aromatic rings. The van der Waals surface area contributed by atoms with Gasteiger partial charge in [-0.05, 0) is 18.3 Å². The fourth-order valence-corrected chi connectivity index (χ4v) is 3.12. The minimum absolute atomic E-state index is 0.0290. The fourth-order valence-electron chi connectivity index (χ4n) is 3.12. The second kappa shape index (κ2) is 5.90. The lowest BCUT2D eigenvalue weighted by molar-refractivity contribution is -0.137. The summed E-state index contributed by atoms with van der Waals surface area (Å²) in [5, 5.41) is 5.75. The molecule has 2 amide bonds. The van der Waals surface area contributed by atoms with Crippen LogP contribution in [0.2, 0.25) is 0 Å². The second-order valence-electron chi connectivity index (χ2n) is 5.77. The minimum atomic E-state index is -0.242. The molecule has 0 aliphatic carbocycles. The molecule has 2 fully saturated rings. The Morgan fingerprint density at radius 3 is 2.42 bits per heavy atom. The molecule has 0 saturated carbocycles. The van der Waals surface area contributed by atoms with Crippen LogP contribution in [0, 0.1) is 5.41 Å². The molecular weight excluding hydrogens is 242 g/mol. The molecule has 2 saturated heterocycles. The number of carbonyl (C=O) groups excluding carboxylic acids is 2. The lowest BCUT2D eigenvalue weighted by Gasteiger charge is -2.42. The average molecular weight is 267 g/mol. The van der Waals surface area contributed by atoms with E-state index >= 15 is 0 Å². The molecule has 5 nitrogen and oxygen atoms in total. The van der Waals surface area contributed by atoms with E-state index in [0.717, 1.165) is 25.9 Å². The second-order valence-corrected chi connectivity index (χ2v) is 5.77. The van der Waals surface area contributed by atoms with Crippen molar-refractivity contribution in [2.24, 2.45) is 5.41 Å². The van der Waals surface area contributed by atoms with E-state index in [4.69, 9.17) is 0 Å². The largest absolute Gasteiger partial charge is 0.353 e. The molecule has 1 unspecified atom stereocenters. The molecule has 5 heteroatoms. The summed E-state index contributed by atoms with van der Waals surface area (Å²) in [6.07, 6.45) is 4.60. The first-order valence-electron chi connectivity index (χ1n) is 7.39. The van der Waals surface area contributed by atoms with Crippen LogP contribution in [0.25, 0.3) is 0 Å². The van der Waals surface area contributed by atoms with Gasteiger partial charge in [-0.25, -0.2) is 0 Å². The highest BCUT2D eigenvalue weighted by molar-refractivity contribution is 5.86. The predicted octanol–water partition coefficient (Wildman–Crippen LogP) is 0.503. The maximum atomic E-state index is 12.4. The number of hydrogen-bond acceptors (Lipinski definition) is 3. The lowest BCUT2D eigenvalue weighted by atomic mass is 9.74. The zero-order chi connectivity index (χ0) is 13.9. The molecule has 2 aliphatic rings. The minimum Gasteiger partial charge on any atom is -0.353 e. The molecule has 2 rings (SSSR count). The van der Waals surface area contributed by atoms with Crippen molar-refractivity contribution in [1.82, 2.24) is 15.5 Å². The van der Waals surface area contributed by atoms with E-state index in [1.165, 1.54) is 12.8 Å². The number of piperidine rings is 1. The third kappa shape index (κ3) is 3.08. The van der Waals surface area contributed by atoms with Crippen LogP contribution in [0.15, 0.2) is 0 Å². The van der Waals surface area contributed by atoms with Gasteiger partial charge < -0.3 is 10.2 Å². The molecule has 0 radical (unpaired) electrons. The van der Waals surface area contributed by atoms with Crippen molar-refractivity contribution in [3.05, 3.63) is 0 Å². The van der Waals surface area contributed by atoms with E-state index in [0.29, 0.717) is 12.0 Å². The van der Waals surface area contributed by atoms with Gasteiger partial charge in [-0.15, -0.1) is 0 Å². The number of likely N-dealkylation sites (tertiary alicyclic amines) is 1. The van der Waals surface area contributed by atoms with Crippen LogP contribution in [0.4, 0.5) is 0 Å². The summed E-state index contributed by atoms with van der Waals surface area (Å²) in [7, 11) is 0. The van der Waals surface area contributed by atoms with E-state index in [2.05, 4.69) is 24.5 Å². The summed E-state index contributed by atoms with van der Waals surface area (Å²) in [5.74, 6) is 0.111. The maximum Gasteiger partial charge on any atom is 0.241 e. The van der Waals surface area contributed by atoms with Gasteiger partial charge in [-0.3, -0.25) is 14.9 Å². The predicted molar refractivity (Wildman–Crippen MR) is 73.6 cm³/mol. The SMILES string of the molecule is CCC1(CC)CCN(C(=O)C2CNC(=O)CN2)CC1. The Balaban J connectivity index is 1.87. The quantitative estimate of drug-likeness (QED) is 0.783. The van der Waals surface area contributed by atoms with E-state index in [1.54, 1.807) is 0 Å². The third-order valence-electron chi connectivity index (χ3n) is 4.95. The zero-order valence-electron chi connectivity index (χ0n) is 12.0. The summed E-state index contributed by atoms with van der Waals surface area (Å²) in [6, 6.07) is -0.242. The van der Waals surface area contributed by atoms with E-state index < -0.39 is 0 Å². The maximum absolute atomic E-state index is 12.4. The Morgan fingerprint density at radius 2 is 1.95 bits per heavy atom. The van der Waals surface area contributed by atoms with E-state index in [9.17, 15) is 9.59 Å². The number of hydrogen-bond donors (Lipinski definition) is 2. The third-order valence-corrected chi connectivity index (χ3v) is 4.95. The van der Waals surface area contributed by atoms with Crippen LogP contribution in [-0.4, -0.2) is 48.9 Å². The average Bonchev–Trinajstić information content (AvgIpc) is 2.47. The van der Waals surface area contributed by atoms with Gasteiger partial charge in [0, 0.05) is 19.6 Å². The van der Waals surface area contributed by atoms with Gasteiger partial charge in [0.25, 0.3) is 0 Å². The van der Waals surface area contributed by atoms with Crippen molar-refractivity contribution in [3.63, 3.8) is 0 Å². The summed E-state index contributed by atoms with van der Waals surface area (Å²) in [5.41, 5.74) is 0.436. The van der Waals surface area contributed by atoms with Crippen molar-refractivity contribution in [2.75, 3.05) is 26.2 Å². The Kier molecular flexibility index (Phi) is 4.45. The fraction of sp³-hybridized carbons (Fsp3) is 0.857. The molecule has 0 aromatic heterocycles. The Labute approximate surface area is 115 Å². The smallest absolute Gasteiger partial charge is 0.241 e. The highest BCUT2D eigenvalue weighted by Gasteiger charge is 2.35. The Bertz CT molecular complexity index is 333. The number of piperazine rings is 1. The Morgan fingerprint density at radius 1 is 1.32 bits per heavy atom. The van der Waals surface area contributed by atoms with Crippen LogP contribution in [0.5, 0.6) is 0 Å². The number of nitrogens with one attached hydrogen (secondary N) is 2. The van der Waals surface area contributed by atoms with Gasteiger partial charge >= 0.3 is 0 Å². The number of carbonyl (C=O) groups is 2. The highest BCUT2D eigenvalue weighted by atomic mass is 16.2. The van der Waals surface area contributed by atoms with Gasteiger partial charge in [0.2, 0.25) is 11.8 Å². The van der Waals surface area contributed by atoms with Gasteiger partial charge in [-0.1, -0.05) is 26.7 Å². The van der Waals surface area contributed by atoms with Crippen molar-refractivity contribution >= 4 is 11.8 Å². The van der Waals surface area contributed by atoms with Crippen LogP contribution >= 0.6 is 0 Å². The van der Waals surface area contributed by atoms with Gasteiger partial charge in [0.1, 0.15) is 6.04 Å². The highest BCUT2D eigenvalue weighted by Crippen LogP contribution is 2.37. The molecular formula is C14H25N3O2.